The van der Waals surface area contributed by atoms with Gasteiger partial charge in [-0.2, -0.15) is 0 Å². The predicted octanol–water partition coefficient (Wildman–Crippen LogP) is 1.59. The van der Waals surface area contributed by atoms with Crippen LogP contribution < -0.4 is 10.2 Å². The first-order chi connectivity index (χ1) is 9.19. The predicted molar refractivity (Wildman–Crippen MR) is 76.3 cm³/mol. The van der Waals surface area contributed by atoms with Crippen molar-refractivity contribution in [1.82, 2.24) is 15.3 Å². The lowest BCUT2D eigenvalue weighted by molar-refractivity contribution is -0.00549. The molecule has 1 fully saturated rings. The Labute approximate surface area is 115 Å². The molecule has 19 heavy (non-hydrogen) atoms. The quantitative estimate of drug-likeness (QED) is 0.819. The van der Waals surface area contributed by atoms with Crippen LogP contribution in [0.2, 0.25) is 0 Å². The van der Waals surface area contributed by atoms with Gasteiger partial charge in [0, 0.05) is 25.8 Å². The fourth-order valence-electron chi connectivity index (χ4n) is 2.39. The highest BCUT2D eigenvalue weighted by molar-refractivity contribution is 5.37. The lowest BCUT2D eigenvalue weighted by Gasteiger charge is -2.35. The molecule has 2 rings (SSSR count). The van der Waals surface area contributed by atoms with Gasteiger partial charge in [-0.3, -0.25) is 4.98 Å². The highest BCUT2D eigenvalue weighted by Crippen LogP contribution is 2.17. The molecule has 1 saturated heterocycles. The molecule has 5 nitrogen and oxygen atoms in total. The molecule has 0 unspecified atom stereocenters. The van der Waals surface area contributed by atoms with Crippen molar-refractivity contribution in [2.75, 3.05) is 24.5 Å². The molecule has 0 aliphatic carbocycles. The van der Waals surface area contributed by atoms with Crippen molar-refractivity contribution in [1.29, 1.82) is 0 Å². The lowest BCUT2D eigenvalue weighted by Crippen LogP contribution is -2.46. The molecule has 0 spiro atoms. The van der Waals surface area contributed by atoms with Crippen molar-refractivity contribution in [3.05, 3.63) is 18.1 Å². The van der Waals surface area contributed by atoms with Crippen LogP contribution in [0.4, 0.5) is 5.82 Å². The maximum Gasteiger partial charge on any atom is 0.147 e. The molecule has 1 aromatic rings. The Morgan fingerprint density at radius 2 is 2.05 bits per heavy atom. The van der Waals surface area contributed by atoms with E-state index in [0.29, 0.717) is 0 Å². The third-order valence-electron chi connectivity index (χ3n) is 3.15. The molecule has 1 aliphatic heterocycles. The molecule has 0 radical (unpaired) electrons. The molecule has 2 atom stereocenters. The number of ether oxygens (including phenoxy) is 1. The van der Waals surface area contributed by atoms with Crippen LogP contribution >= 0.6 is 0 Å². The topological polar surface area (TPSA) is 50.3 Å². The van der Waals surface area contributed by atoms with Crippen molar-refractivity contribution in [3.8, 4) is 0 Å². The van der Waals surface area contributed by atoms with E-state index in [0.717, 1.165) is 44.1 Å². The second-order valence-electron chi connectivity index (χ2n) is 5.21. The van der Waals surface area contributed by atoms with Gasteiger partial charge in [-0.25, -0.2) is 4.98 Å². The van der Waals surface area contributed by atoms with Gasteiger partial charge in [0.05, 0.1) is 24.1 Å². The minimum absolute atomic E-state index is 0.243. The Kier molecular flexibility index (Phi) is 5.10. The summed E-state index contributed by atoms with van der Waals surface area (Å²) in [5, 5.41) is 3.35. The normalized spacial score (nSPS) is 23.6. The number of morpholine rings is 1. The molecule has 0 amide bonds. The minimum atomic E-state index is 0.243. The Morgan fingerprint density at radius 3 is 2.74 bits per heavy atom. The highest BCUT2D eigenvalue weighted by Gasteiger charge is 2.23. The van der Waals surface area contributed by atoms with Gasteiger partial charge >= 0.3 is 0 Å². The molecule has 0 bridgehead atoms. The van der Waals surface area contributed by atoms with E-state index in [1.807, 2.05) is 12.4 Å². The highest BCUT2D eigenvalue weighted by atomic mass is 16.5. The number of hydrogen-bond donors (Lipinski definition) is 1. The van der Waals surface area contributed by atoms with E-state index in [1.165, 1.54) is 0 Å². The zero-order valence-corrected chi connectivity index (χ0v) is 12.1. The molecule has 0 saturated carbocycles. The summed E-state index contributed by atoms with van der Waals surface area (Å²) in [7, 11) is 0. The summed E-state index contributed by atoms with van der Waals surface area (Å²) < 4.78 is 5.75. The molecule has 1 aromatic heterocycles. The van der Waals surface area contributed by atoms with Crippen molar-refractivity contribution in [2.24, 2.45) is 0 Å². The van der Waals surface area contributed by atoms with E-state index in [-0.39, 0.29) is 12.2 Å². The number of nitrogens with zero attached hydrogens (tertiary/aromatic N) is 3. The van der Waals surface area contributed by atoms with Crippen molar-refractivity contribution >= 4 is 5.82 Å². The van der Waals surface area contributed by atoms with Crippen LogP contribution in [0.15, 0.2) is 12.4 Å². The van der Waals surface area contributed by atoms with Crippen LogP contribution in [0.25, 0.3) is 0 Å². The smallest absolute Gasteiger partial charge is 0.147 e. The Hall–Kier alpha value is -1.20. The molecule has 0 aromatic carbocycles. The number of anilines is 1. The fourth-order valence-corrected chi connectivity index (χ4v) is 2.39. The van der Waals surface area contributed by atoms with Crippen molar-refractivity contribution in [3.63, 3.8) is 0 Å². The van der Waals surface area contributed by atoms with Gasteiger partial charge in [-0.1, -0.05) is 6.92 Å². The first kappa shape index (κ1) is 14.2. The zero-order chi connectivity index (χ0) is 13.7. The Morgan fingerprint density at radius 1 is 1.32 bits per heavy atom. The van der Waals surface area contributed by atoms with Crippen LogP contribution in [0.5, 0.6) is 0 Å². The maximum atomic E-state index is 5.75. The average Bonchev–Trinajstić information content (AvgIpc) is 2.38. The number of rotatable bonds is 5. The molecular formula is C14H24N4O. The van der Waals surface area contributed by atoms with Crippen LogP contribution in [0.3, 0.4) is 0 Å². The second-order valence-corrected chi connectivity index (χ2v) is 5.21. The van der Waals surface area contributed by atoms with Crippen LogP contribution in [-0.2, 0) is 11.3 Å². The summed E-state index contributed by atoms with van der Waals surface area (Å²) in [6.45, 7) is 9.91. The summed E-state index contributed by atoms with van der Waals surface area (Å²) in [4.78, 5) is 11.2. The summed E-state index contributed by atoms with van der Waals surface area (Å²) in [6.07, 6.45) is 5.29. The first-order valence-electron chi connectivity index (χ1n) is 7.11. The van der Waals surface area contributed by atoms with Gasteiger partial charge in [0.25, 0.3) is 0 Å². The van der Waals surface area contributed by atoms with E-state index >= 15 is 0 Å². The van der Waals surface area contributed by atoms with E-state index in [9.17, 15) is 0 Å². The van der Waals surface area contributed by atoms with Gasteiger partial charge in [-0.05, 0) is 26.8 Å². The second kappa shape index (κ2) is 6.82. The van der Waals surface area contributed by atoms with E-state index in [4.69, 9.17) is 4.74 Å². The van der Waals surface area contributed by atoms with Crippen molar-refractivity contribution in [2.45, 2.75) is 45.9 Å². The maximum absolute atomic E-state index is 5.75. The summed E-state index contributed by atoms with van der Waals surface area (Å²) in [6, 6.07) is 0. The standard InChI is InChI=1S/C14H24N4O/c1-4-5-15-6-13-7-16-8-14(17-13)18-9-11(2)19-12(3)10-18/h7-8,11-12,15H,4-6,9-10H2,1-3H3/t11-,12+. The monoisotopic (exact) mass is 264 g/mol. The van der Waals surface area contributed by atoms with E-state index in [2.05, 4.69) is 41.0 Å². The van der Waals surface area contributed by atoms with Gasteiger partial charge < -0.3 is 15.0 Å². The lowest BCUT2D eigenvalue weighted by atomic mass is 10.2. The Bertz CT molecular complexity index is 389. The first-order valence-corrected chi connectivity index (χ1v) is 7.11. The van der Waals surface area contributed by atoms with Gasteiger partial charge in [0.15, 0.2) is 0 Å². The number of hydrogen-bond acceptors (Lipinski definition) is 5. The SMILES string of the molecule is CCCNCc1cncc(N2C[C@@H](C)O[C@@H](C)C2)n1. The summed E-state index contributed by atoms with van der Waals surface area (Å²) in [5.41, 5.74) is 0.998. The largest absolute Gasteiger partial charge is 0.372 e. The van der Waals surface area contributed by atoms with Crippen LogP contribution in [0, 0.1) is 0 Å². The average molecular weight is 264 g/mol. The third-order valence-corrected chi connectivity index (χ3v) is 3.15. The number of aromatic nitrogens is 2. The van der Waals surface area contributed by atoms with Gasteiger partial charge in [0.1, 0.15) is 5.82 Å². The zero-order valence-electron chi connectivity index (χ0n) is 12.1. The minimum Gasteiger partial charge on any atom is -0.372 e. The van der Waals surface area contributed by atoms with E-state index < -0.39 is 0 Å². The van der Waals surface area contributed by atoms with Crippen LogP contribution in [-0.4, -0.2) is 41.8 Å². The Balaban J connectivity index is 2.01. The van der Waals surface area contributed by atoms with Gasteiger partial charge in [-0.15, -0.1) is 0 Å². The van der Waals surface area contributed by atoms with E-state index in [1.54, 1.807) is 0 Å². The molecule has 1 N–H and O–H groups in total. The van der Waals surface area contributed by atoms with Crippen molar-refractivity contribution < 1.29 is 4.74 Å². The molecule has 2 heterocycles. The summed E-state index contributed by atoms with van der Waals surface area (Å²) >= 11 is 0. The molecular weight excluding hydrogens is 240 g/mol. The molecule has 1 aliphatic rings. The third kappa shape index (κ3) is 4.14. The van der Waals surface area contributed by atoms with Gasteiger partial charge in [0.2, 0.25) is 0 Å². The van der Waals surface area contributed by atoms with Crippen LogP contribution in [0.1, 0.15) is 32.9 Å². The fraction of sp³-hybridized carbons (Fsp3) is 0.714. The number of nitrogens with one attached hydrogen (secondary N) is 1. The molecule has 5 heteroatoms. The molecule has 106 valence electrons. The summed E-state index contributed by atoms with van der Waals surface area (Å²) in [5.74, 6) is 0.956.